The molecule has 1 aliphatic rings. The second kappa shape index (κ2) is 11.1. The monoisotopic (exact) mass is 559 g/mol. The maximum Gasteiger partial charge on any atom is 0.271 e. The van der Waals surface area contributed by atoms with Gasteiger partial charge in [-0.1, -0.05) is 40.6 Å². The van der Waals surface area contributed by atoms with Gasteiger partial charge in [0, 0.05) is 28.7 Å². The van der Waals surface area contributed by atoms with E-state index in [1.54, 1.807) is 73.1 Å². The van der Waals surface area contributed by atoms with Crippen LogP contribution in [0.25, 0.3) is 6.08 Å². The molecule has 0 saturated carbocycles. The van der Waals surface area contributed by atoms with Crippen molar-refractivity contribution < 1.29 is 14.3 Å². The van der Waals surface area contributed by atoms with E-state index in [-0.39, 0.29) is 11.5 Å². The van der Waals surface area contributed by atoms with Gasteiger partial charge < -0.3 is 14.4 Å². The van der Waals surface area contributed by atoms with Crippen molar-refractivity contribution in [1.29, 1.82) is 0 Å². The van der Waals surface area contributed by atoms with E-state index in [1.807, 2.05) is 13.8 Å². The van der Waals surface area contributed by atoms with Crippen molar-refractivity contribution in [3.05, 3.63) is 88.5 Å². The zero-order chi connectivity index (χ0) is 26.9. The number of nitrogens with zero attached hydrogens (tertiary/aromatic N) is 3. The number of hydrogen-bond donors (Lipinski definition) is 0. The molecule has 0 unspecified atom stereocenters. The quantitative estimate of drug-likeness (QED) is 0.429. The Balaban J connectivity index is 2.04. The number of halogens is 2. The minimum absolute atomic E-state index is 0.184. The van der Waals surface area contributed by atoms with Gasteiger partial charge in [-0.25, -0.2) is 4.99 Å². The van der Waals surface area contributed by atoms with Crippen LogP contribution in [-0.2, 0) is 4.79 Å². The van der Waals surface area contributed by atoms with Crippen LogP contribution < -0.4 is 24.4 Å². The van der Waals surface area contributed by atoms with E-state index in [4.69, 9.17) is 37.7 Å². The lowest BCUT2D eigenvalue weighted by molar-refractivity contribution is -0.127. The van der Waals surface area contributed by atoms with Crippen molar-refractivity contribution in [2.45, 2.75) is 26.8 Å². The highest BCUT2D eigenvalue weighted by Gasteiger charge is 2.36. The summed E-state index contributed by atoms with van der Waals surface area (Å²) in [5.74, 6) is 0.923. The number of likely N-dealkylation sites (N-methyl/N-ethyl adjacent to an activating group) is 1. The summed E-state index contributed by atoms with van der Waals surface area (Å²) < 4.78 is 13.1. The summed E-state index contributed by atoms with van der Waals surface area (Å²) in [7, 11) is 3.12. The van der Waals surface area contributed by atoms with Crippen molar-refractivity contribution in [3.63, 3.8) is 0 Å². The van der Waals surface area contributed by atoms with Crippen LogP contribution in [0, 0.1) is 0 Å². The standard InChI is InChI=1S/C27H27Cl2N3O4S/c1-6-31(7-2)26(34)23-15(3)30-27-32(24(23)19-14-18(35-4)10-11-21(19)36-5)25(33)22(37-27)12-16-8-9-17(28)13-20(16)29/h8-14,24H,6-7H2,1-5H3/b22-12+/t24-/m0/s1. The van der Waals surface area contributed by atoms with Crippen LogP contribution in [0.5, 0.6) is 11.5 Å². The van der Waals surface area contributed by atoms with Crippen LogP contribution in [-0.4, -0.2) is 42.7 Å². The van der Waals surface area contributed by atoms with Crippen molar-refractivity contribution in [2.75, 3.05) is 27.3 Å². The van der Waals surface area contributed by atoms with E-state index in [0.717, 1.165) is 0 Å². The van der Waals surface area contributed by atoms with Crippen LogP contribution in [0.1, 0.15) is 37.9 Å². The number of amides is 1. The number of carbonyl (C=O) groups excluding carboxylic acids is 1. The van der Waals surface area contributed by atoms with Crippen molar-refractivity contribution in [2.24, 2.45) is 4.99 Å². The molecule has 0 N–H and O–H groups in total. The number of aromatic nitrogens is 1. The number of fused-ring (bicyclic) bond motifs is 1. The fraction of sp³-hybridized carbons (Fsp3) is 0.296. The minimum Gasteiger partial charge on any atom is -0.497 e. The molecule has 37 heavy (non-hydrogen) atoms. The topological polar surface area (TPSA) is 73.1 Å². The Morgan fingerprint density at radius 2 is 1.86 bits per heavy atom. The summed E-state index contributed by atoms with van der Waals surface area (Å²) in [6.45, 7) is 6.68. The van der Waals surface area contributed by atoms with Gasteiger partial charge in [0.15, 0.2) is 4.80 Å². The number of allylic oxidation sites excluding steroid dienone is 1. The number of methoxy groups -OCH3 is 2. The van der Waals surface area contributed by atoms with Gasteiger partial charge >= 0.3 is 0 Å². The SMILES string of the molecule is CCN(CC)C(=O)C1=C(C)N=c2s/c(=C/c3ccc(Cl)cc3Cl)c(=O)n2[C@H]1c1cc(OC)ccc1OC. The van der Waals surface area contributed by atoms with Crippen LogP contribution in [0.3, 0.4) is 0 Å². The van der Waals surface area contributed by atoms with E-state index in [9.17, 15) is 9.59 Å². The van der Waals surface area contributed by atoms with E-state index < -0.39 is 6.04 Å². The van der Waals surface area contributed by atoms with Gasteiger partial charge in [-0.3, -0.25) is 14.2 Å². The number of rotatable bonds is 7. The molecule has 2 heterocycles. The van der Waals surface area contributed by atoms with Crippen LogP contribution in [0.2, 0.25) is 10.0 Å². The Labute approximate surface area is 228 Å². The Bertz CT molecular complexity index is 1570. The lowest BCUT2D eigenvalue weighted by atomic mass is 9.93. The molecule has 0 radical (unpaired) electrons. The first-order valence-corrected chi connectivity index (χ1v) is 13.3. The third kappa shape index (κ3) is 5.06. The molecule has 1 aromatic heterocycles. The van der Waals surface area contributed by atoms with E-state index in [0.29, 0.717) is 66.4 Å². The number of thiazole rings is 1. The normalized spacial score (nSPS) is 15.3. The number of ether oxygens (including phenoxy) is 2. The van der Waals surface area contributed by atoms with Crippen molar-refractivity contribution >= 4 is 46.5 Å². The molecular formula is C27H27Cl2N3O4S. The molecule has 10 heteroatoms. The molecule has 0 fully saturated rings. The molecule has 4 rings (SSSR count). The zero-order valence-electron chi connectivity index (χ0n) is 21.2. The molecular weight excluding hydrogens is 533 g/mol. The molecule has 194 valence electrons. The lowest BCUT2D eigenvalue weighted by Crippen LogP contribution is -2.43. The fourth-order valence-corrected chi connectivity index (χ4v) is 5.88. The first-order valence-electron chi connectivity index (χ1n) is 11.7. The summed E-state index contributed by atoms with van der Waals surface area (Å²) >= 11 is 13.7. The first-order chi connectivity index (χ1) is 17.7. The molecule has 2 aromatic carbocycles. The van der Waals surface area contributed by atoms with Gasteiger partial charge in [0.2, 0.25) is 0 Å². The van der Waals surface area contributed by atoms with E-state index in [2.05, 4.69) is 0 Å². The number of hydrogen-bond acceptors (Lipinski definition) is 6. The Morgan fingerprint density at radius 3 is 2.49 bits per heavy atom. The van der Waals surface area contributed by atoms with Crippen LogP contribution in [0.4, 0.5) is 0 Å². The molecule has 1 aliphatic heterocycles. The highest BCUT2D eigenvalue weighted by molar-refractivity contribution is 7.07. The highest BCUT2D eigenvalue weighted by Crippen LogP contribution is 2.38. The average molecular weight is 561 g/mol. The molecule has 0 bridgehead atoms. The van der Waals surface area contributed by atoms with E-state index in [1.165, 1.54) is 11.3 Å². The van der Waals surface area contributed by atoms with Crippen LogP contribution >= 0.6 is 34.5 Å². The van der Waals surface area contributed by atoms with Gasteiger partial charge in [-0.05, 0) is 62.7 Å². The Kier molecular flexibility index (Phi) is 8.11. The maximum absolute atomic E-state index is 13.9. The summed E-state index contributed by atoms with van der Waals surface area (Å²) in [6.07, 6.45) is 1.72. The third-order valence-electron chi connectivity index (χ3n) is 6.28. The van der Waals surface area contributed by atoms with Gasteiger partial charge in [-0.2, -0.15) is 0 Å². The summed E-state index contributed by atoms with van der Waals surface area (Å²) in [4.78, 5) is 34.6. The van der Waals surface area contributed by atoms with Crippen LogP contribution in [0.15, 0.2) is 57.5 Å². The van der Waals surface area contributed by atoms with Gasteiger partial charge in [0.05, 0.1) is 30.0 Å². The molecule has 3 aromatic rings. The van der Waals surface area contributed by atoms with Gasteiger partial charge in [-0.15, -0.1) is 0 Å². The highest BCUT2D eigenvalue weighted by atomic mass is 35.5. The predicted molar refractivity (Wildman–Crippen MR) is 148 cm³/mol. The van der Waals surface area contributed by atoms with E-state index >= 15 is 0 Å². The zero-order valence-corrected chi connectivity index (χ0v) is 23.5. The third-order valence-corrected chi connectivity index (χ3v) is 7.83. The summed E-state index contributed by atoms with van der Waals surface area (Å²) in [5.41, 5.74) is 1.95. The molecule has 0 spiro atoms. The lowest BCUT2D eigenvalue weighted by Gasteiger charge is -2.30. The van der Waals surface area contributed by atoms with Crippen molar-refractivity contribution in [1.82, 2.24) is 9.47 Å². The number of benzene rings is 2. The Hall–Kier alpha value is -3.07. The largest absolute Gasteiger partial charge is 0.497 e. The predicted octanol–water partition coefficient (Wildman–Crippen LogP) is 4.43. The molecule has 7 nitrogen and oxygen atoms in total. The Morgan fingerprint density at radius 1 is 1.14 bits per heavy atom. The smallest absolute Gasteiger partial charge is 0.271 e. The molecule has 0 aliphatic carbocycles. The number of carbonyl (C=O) groups is 1. The second-order valence-corrected chi connectivity index (χ2v) is 10.2. The minimum atomic E-state index is -0.766. The maximum atomic E-state index is 13.9. The first kappa shape index (κ1) is 27.0. The fourth-order valence-electron chi connectivity index (χ4n) is 4.38. The van der Waals surface area contributed by atoms with Crippen molar-refractivity contribution in [3.8, 4) is 11.5 Å². The average Bonchev–Trinajstić information content (AvgIpc) is 3.19. The molecule has 0 saturated heterocycles. The molecule has 1 amide bonds. The second-order valence-electron chi connectivity index (χ2n) is 8.33. The molecule has 1 atom stereocenters. The van der Waals surface area contributed by atoms with Gasteiger partial charge in [0.1, 0.15) is 17.5 Å². The summed E-state index contributed by atoms with van der Waals surface area (Å²) in [5, 5.41) is 0.932. The van der Waals surface area contributed by atoms with Gasteiger partial charge in [0.25, 0.3) is 11.5 Å². The summed E-state index contributed by atoms with van der Waals surface area (Å²) in [6, 6.07) is 9.67.